The number of nitrogens with one attached hydrogen (secondary N) is 1. The molecular weight excluding hydrogens is 274 g/mol. The third-order valence-electron chi connectivity index (χ3n) is 3.97. The minimum Gasteiger partial charge on any atom is -0.340 e. The molecule has 4 nitrogen and oxygen atoms in total. The summed E-state index contributed by atoms with van der Waals surface area (Å²) in [7, 11) is 0. The van der Waals surface area contributed by atoms with Gasteiger partial charge in [0.2, 0.25) is 0 Å². The van der Waals surface area contributed by atoms with Gasteiger partial charge in [-0.15, -0.1) is 0 Å². The smallest absolute Gasteiger partial charge is 0.254 e. The van der Waals surface area contributed by atoms with E-state index in [1.165, 1.54) is 12.0 Å². The number of benzene rings is 1. The van der Waals surface area contributed by atoms with E-state index in [4.69, 9.17) is 0 Å². The van der Waals surface area contributed by atoms with Crippen LogP contribution in [0.25, 0.3) is 0 Å². The SMILES string of the molecule is Cc1ccc(Nc2cc(C(=O)N3CCCCC3)ccn2)cc1. The molecule has 0 bridgehead atoms. The zero-order chi connectivity index (χ0) is 15.4. The van der Waals surface area contributed by atoms with Gasteiger partial charge in [0, 0.05) is 30.5 Å². The number of hydrogen-bond acceptors (Lipinski definition) is 3. The Morgan fingerprint density at radius 1 is 1.09 bits per heavy atom. The molecule has 2 heterocycles. The highest BCUT2D eigenvalue weighted by Gasteiger charge is 2.18. The summed E-state index contributed by atoms with van der Waals surface area (Å²) in [6.45, 7) is 3.78. The third kappa shape index (κ3) is 3.45. The highest BCUT2D eigenvalue weighted by molar-refractivity contribution is 5.95. The average Bonchev–Trinajstić information content (AvgIpc) is 2.57. The number of carbonyl (C=O) groups excluding carboxylic acids is 1. The zero-order valence-corrected chi connectivity index (χ0v) is 12.9. The first-order valence-electron chi connectivity index (χ1n) is 7.81. The molecule has 1 saturated heterocycles. The van der Waals surface area contributed by atoms with E-state index in [1.54, 1.807) is 12.3 Å². The van der Waals surface area contributed by atoms with E-state index in [-0.39, 0.29) is 5.91 Å². The minimum absolute atomic E-state index is 0.106. The second kappa shape index (κ2) is 6.60. The van der Waals surface area contributed by atoms with E-state index in [1.807, 2.05) is 35.2 Å². The van der Waals surface area contributed by atoms with E-state index in [0.717, 1.165) is 31.6 Å². The van der Waals surface area contributed by atoms with Crippen molar-refractivity contribution in [3.8, 4) is 0 Å². The number of hydrogen-bond donors (Lipinski definition) is 1. The number of aryl methyl sites for hydroxylation is 1. The van der Waals surface area contributed by atoms with Gasteiger partial charge in [-0.05, 0) is 50.5 Å². The number of rotatable bonds is 3. The second-order valence-corrected chi connectivity index (χ2v) is 5.77. The van der Waals surface area contributed by atoms with Gasteiger partial charge < -0.3 is 10.2 Å². The molecule has 2 aromatic rings. The van der Waals surface area contributed by atoms with Gasteiger partial charge in [0.05, 0.1) is 0 Å². The number of amides is 1. The number of aromatic nitrogens is 1. The molecule has 4 heteroatoms. The first-order chi connectivity index (χ1) is 10.7. The lowest BCUT2D eigenvalue weighted by Crippen LogP contribution is -2.35. The van der Waals surface area contributed by atoms with Crippen LogP contribution in [0.2, 0.25) is 0 Å². The van der Waals surface area contributed by atoms with Gasteiger partial charge in [-0.1, -0.05) is 17.7 Å². The summed E-state index contributed by atoms with van der Waals surface area (Å²) in [6, 6.07) is 11.7. The Bertz CT molecular complexity index is 646. The molecule has 0 atom stereocenters. The van der Waals surface area contributed by atoms with Gasteiger partial charge in [0.15, 0.2) is 0 Å². The highest BCUT2D eigenvalue weighted by atomic mass is 16.2. The van der Waals surface area contributed by atoms with Gasteiger partial charge in [-0.25, -0.2) is 4.98 Å². The van der Waals surface area contributed by atoms with E-state index in [9.17, 15) is 4.79 Å². The largest absolute Gasteiger partial charge is 0.340 e. The summed E-state index contributed by atoms with van der Waals surface area (Å²) in [5.41, 5.74) is 2.89. The molecule has 22 heavy (non-hydrogen) atoms. The van der Waals surface area contributed by atoms with Crippen LogP contribution in [-0.2, 0) is 0 Å². The molecule has 3 rings (SSSR count). The first kappa shape index (κ1) is 14.6. The maximum atomic E-state index is 12.5. The predicted octanol–water partition coefficient (Wildman–Crippen LogP) is 3.76. The standard InChI is InChI=1S/C18H21N3O/c1-14-5-7-16(8-6-14)20-17-13-15(9-10-19-17)18(22)21-11-3-2-4-12-21/h5-10,13H,2-4,11-12H2,1H3,(H,19,20). The van der Waals surface area contributed by atoms with Crippen molar-refractivity contribution in [3.05, 3.63) is 53.7 Å². The number of piperidine rings is 1. The number of carbonyl (C=O) groups is 1. The van der Waals surface area contributed by atoms with Crippen LogP contribution < -0.4 is 5.32 Å². The molecule has 1 aliphatic rings. The number of pyridine rings is 1. The maximum absolute atomic E-state index is 12.5. The molecule has 0 aliphatic carbocycles. The van der Waals surface area contributed by atoms with Crippen molar-refractivity contribution < 1.29 is 4.79 Å². The maximum Gasteiger partial charge on any atom is 0.254 e. The summed E-state index contributed by atoms with van der Waals surface area (Å²) in [6.07, 6.45) is 5.12. The Morgan fingerprint density at radius 2 is 1.82 bits per heavy atom. The van der Waals surface area contributed by atoms with Crippen LogP contribution in [0.4, 0.5) is 11.5 Å². The lowest BCUT2D eigenvalue weighted by Gasteiger charge is -2.26. The van der Waals surface area contributed by atoms with Crippen molar-refractivity contribution in [3.63, 3.8) is 0 Å². The Balaban J connectivity index is 1.74. The fourth-order valence-corrected chi connectivity index (χ4v) is 2.70. The quantitative estimate of drug-likeness (QED) is 0.937. The molecule has 0 radical (unpaired) electrons. The monoisotopic (exact) mass is 295 g/mol. The van der Waals surface area contributed by atoms with E-state index < -0.39 is 0 Å². The Hall–Kier alpha value is -2.36. The number of likely N-dealkylation sites (tertiary alicyclic amines) is 1. The molecule has 1 aliphatic heterocycles. The molecule has 0 saturated carbocycles. The van der Waals surface area contributed by atoms with Crippen molar-refractivity contribution >= 4 is 17.4 Å². The molecule has 0 spiro atoms. The van der Waals surface area contributed by atoms with Crippen LogP contribution in [0.5, 0.6) is 0 Å². The van der Waals surface area contributed by atoms with Crippen molar-refractivity contribution in [1.82, 2.24) is 9.88 Å². The van der Waals surface area contributed by atoms with Crippen LogP contribution in [0.15, 0.2) is 42.6 Å². The van der Waals surface area contributed by atoms with Gasteiger partial charge in [0.25, 0.3) is 5.91 Å². The normalized spacial score (nSPS) is 14.7. The van der Waals surface area contributed by atoms with Gasteiger partial charge in [-0.3, -0.25) is 4.79 Å². The fourth-order valence-electron chi connectivity index (χ4n) is 2.70. The highest BCUT2D eigenvalue weighted by Crippen LogP contribution is 2.18. The molecule has 1 aromatic heterocycles. The summed E-state index contributed by atoms with van der Waals surface area (Å²) < 4.78 is 0. The predicted molar refractivity (Wildman–Crippen MR) is 88.5 cm³/mol. The van der Waals surface area contributed by atoms with Crippen molar-refractivity contribution in [1.29, 1.82) is 0 Å². The van der Waals surface area contributed by atoms with E-state index in [0.29, 0.717) is 11.4 Å². The van der Waals surface area contributed by atoms with Crippen molar-refractivity contribution in [2.45, 2.75) is 26.2 Å². The summed E-state index contributed by atoms with van der Waals surface area (Å²) in [5, 5.41) is 3.25. The van der Waals surface area contributed by atoms with Gasteiger partial charge in [-0.2, -0.15) is 0 Å². The molecule has 1 fully saturated rings. The average molecular weight is 295 g/mol. The minimum atomic E-state index is 0.106. The van der Waals surface area contributed by atoms with Crippen molar-refractivity contribution in [2.24, 2.45) is 0 Å². The van der Waals surface area contributed by atoms with E-state index >= 15 is 0 Å². The Kier molecular flexibility index (Phi) is 4.37. The summed E-state index contributed by atoms with van der Waals surface area (Å²) in [4.78, 5) is 18.8. The lowest BCUT2D eigenvalue weighted by molar-refractivity contribution is 0.0724. The van der Waals surface area contributed by atoms with Gasteiger partial charge in [0.1, 0.15) is 5.82 Å². The fraction of sp³-hybridized carbons (Fsp3) is 0.333. The van der Waals surface area contributed by atoms with Gasteiger partial charge >= 0.3 is 0 Å². The van der Waals surface area contributed by atoms with Crippen LogP contribution in [-0.4, -0.2) is 28.9 Å². The Labute approximate surface area is 131 Å². The molecule has 1 N–H and O–H groups in total. The summed E-state index contributed by atoms with van der Waals surface area (Å²) >= 11 is 0. The number of anilines is 2. The van der Waals surface area contributed by atoms with Crippen LogP contribution in [0, 0.1) is 6.92 Å². The van der Waals surface area contributed by atoms with Crippen LogP contribution in [0.3, 0.4) is 0 Å². The second-order valence-electron chi connectivity index (χ2n) is 5.77. The van der Waals surface area contributed by atoms with E-state index in [2.05, 4.69) is 17.2 Å². The zero-order valence-electron chi connectivity index (χ0n) is 12.9. The molecule has 114 valence electrons. The molecule has 0 unspecified atom stereocenters. The number of nitrogens with zero attached hydrogens (tertiary/aromatic N) is 2. The van der Waals surface area contributed by atoms with Crippen LogP contribution in [0.1, 0.15) is 35.2 Å². The van der Waals surface area contributed by atoms with Crippen molar-refractivity contribution in [2.75, 3.05) is 18.4 Å². The molecule has 1 aromatic carbocycles. The third-order valence-corrected chi connectivity index (χ3v) is 3.97. The molecule has 1 amide bonds. The molecular formula is C18H21N3O. The topological polar surface area (TPSA) is 45.2 Å². The Morgan fingerprint density at radius 3 is 2.55 bits per heavy atom. The van der Waals surface area contributed by atoms with Crippen LogP contribution >= 0.6 is 0 Å². The summed E-state index contributed by atoms with van der Waals surface area (Å²) in [5.74, 6) is 0.806. The first-order valence-corrected chi connectivity index (χ1v) is 7.81. The lowest BCUT2D eigenvalue weighted by atomic mass is 10.1.